The van der Waals surface area contributed by atoms with Gasteiger partial charge in [0.05, 0.1) is 6.20 Å². The van der Waals surface area contributed by atoms with Crippen molar-refractivity contribution in [2.75, 3.05) is 0 Å². The first-order chi connectivity index (χ1) is 5.24. The molecule has 0 saturated carbocycles. The molecule has 1 aromatic rings. The fraction of sp³-hybridized carbons (Fsp3) is 0.143. The summed E-state index contributed by atoms with van der Waals surface area (Å²) in [6, 6.07) is 1.60. The number of aromatic nitrogens is 2. The molecule has 0 fully saturated rings. The van der Waals surface area contributed by atoms with Crippen molar-refractivity contribution in [3.8, 4) is 5.88 Å². The summed E-state index contributed by atoms with van der Waals surface area (Å²) in [6.45, 7) is 3.27. The Morgan fingerprint density at radius 3 is 3.09 bits per heavy atom. The van der Waals surface area contributed by atoms with Crippen LogP contribution in [0.25, 0.3) is 0 Å². The van der Waals surface area contributed by atoms with E-state index < -0.39 is 5.97 Å². The third kappa shape index (κ3) is 1.67. The molecule has 0 aliphatic heterocycles. The van der Waals surface area contributed by atoms with Gasteiger partial charge in [-0.3, -0.25) is 0 Å². The molecule has 1 heterocycles. The molecule has 0 radical (unpaired) electrons. The maximum Gasteiger partial charge on any atom is 0.336 e. The Bertz CT molecular complexity index is 278. The molecule has 0 saturated heterocycles. The van der Waals surface area contributed by atoms with Crippen molar-refractivity contribution in [2.24, 2.45) is 7.05 Å². The van der Waals surface area contributed by atoms with Crippen LogP contribution in [0.1, 0.15) is 0 Å². The van der Waals surface area contributed by atoms with Crippen LogP contribution >= 0.6 is 0 Å². The summed E-state index contributed by atoms with van der Waals surface area (Å²) in [5.41, 5.74) is 0. The van der Waals surface area contributed by atoms with Gasteiger partial charge >= 0.3 is 5.97 Å². The van der Waals surface area contributed by atoms with Crippen molar-refractivity contribution < 1.29 is 9.53 Å². The Morgan fingerprint density at radius 1 is 1.91 bits per heavy atom. The lowest BCUT2D eigenvalue weighted by Crippen LogP contribution is -2.06. The molecule has 0 N–H and O–H groups in total. The molecule has 0 aliphatic rings. The molecule has 0 atom stereocenters. The fourth-order valence-corrected chi connectivity index (χ4v) is 0.607. The van der Waals surface area contributed by atoms with Crippen LogP contribution in [0.5, 0.6) is 5.88 Å². The fourth-order valence-electron chi connectivity index (χ4n) is 0.607. The molecule has 0 unspecified atom stereocenters. The zero-order chi connectivity index (χ0) is 8.27. The lowest BCUT2D eigenvalue weighted by Gasteiger charge is -1.98. The molecule has 1 aromatic heterocycles. The first-order valence-corrected chi connectivity index (χ1v) is 3.06. The number of nitrogens with zero attached hydrogens (tertiary/aromatic N) is 2. The minimum absolute atomic E-state index is 0.412. The van der Waals surface area contributed by atoms with Crippen LogP contribution < -0.4 is 4.74 Å². The van der Waals surface area contributed by atoms with Crippen molar-refractivity contribution in [1.29, 1.82) is 0 Å². The molecule has 58 valence electrons. The maximum absolute atomic E-state index is 10.6. The highest BCUT2D eigenvalue weighted by atomic mass is 16.5. The van der Waals surface area contributed by atoms with Gasteiger partial charge < -0.3 is 4.74 Å². The summed E-state index contributed by atoms with van der Waals surface area (Å²) in [5.74, 6) is -0.0662. The standard InChI is InChI=1S/C7H8N2O2/c1-3-7(10)11-6-4-5-8-9(6)2/h3-5H,1H2,2H3. The van der Waals surface area contributed by atoms with E-state index in [1.165, 1.54) is 4.68 Å². The average molecular weight is 152 g/mol. The van der Waals surface area contributed by atoms with Gasteiger partial charge in [-0.1, -0.05) is 6.58 Å². The SMILES string of the molecule is C=CC(=O)Oc1ccnn1C. The maximum atomic E-state index is 10.6. The predicted molar refractivity (Wildman–Crippen MR) is 39.0 cm³/mol. The van der Waals surface area contributed by atoms with Crippen molar-refractivity contribution in [2.45, 2.75) is 0 Å². The molecule has 0 aromatic carbocycles. The lowest BCUT2D eigenvalue weighted by molar-refractivity contribution is -0.129. The van der Waals surface area contributed by atoms with E-state index in [2.05, 4.69) is 11.7 Å². The number of carbonyl (C=O) groups is 1. The highest BCUT2D eigenvalue weighted by Crippen LogP contribution is 2.06. The monoisotopic (exact) mass is 152 g/mol. The van der Waals surface area contributed by atoms with E-state index in [1.54, 1.807) is 19.3 Å². The Morgan fingerprint density at radius 2 is 2.64 bits per heavy atom. The van der Waals surface area contributed by atoms with Gasteiger partial charge in [-0.2, -0.15) is 5.10 Å². The number of esters is 1. The van der Waals surface area contributed by atoms with E-state index in [1.807, 2.05) is 0 Å². The number of hydrogen-bond acceptors (Lipinski definition) is 3. The first-order valence-electron chi connectivity index (χ1n) is 3.06. The molecule has 4 nitrogen and oxygen atoms in total. The normalized spacial score (nSPS) is 9.18. The summed E-state index contributed by atoms with van der Waals surface area (Å²) in [4.78, 5) is 10.6. The van der Waals surface area contributed by atoms with Crippen LogP contribution in [0.2, 0.25) is 0 Å². The van der Waals surface area contributed by atoms with Crippen LogP contribution in [-0.4, -0.2) is 15.7 Å². The largest absolute Gasteiger partial charge is 0.405 e. The van der Waals surface area contributed by atoms with Crippen molar-refractivity contribution in [3.63, 3.8) is 0 Å². The first kappa shape index (κ1) is 7.53. The van der Waals surface area contributed by atoms with E-state index in [4.69, 9.17) is 4.74 Å². The smallest absolute Gasteiger partial charge is 0.336 e. The molecule has 0 spiro atoms. The minimum atomic E-state index is -0.478. The Labute approximate surface area is 64.1 Å². The highest BCUT2D eigenvalue weighted by molar-refractivity contribution is 5.83. The third-order valence-electron chi connectivity index (χ3n) is 1.15. The topological polar surface area (TPSA) is 44.1 Å². The third-order valence-corrected chi connectivity index (χ3v) is 1.15. The Hall–Kier alpha value is -1.58. The van der Waals surface area contributed by atoms with Crippen molar-refractivity contribution in [1.82, 2.24) is 9.78 Å². The summed E-state index contributed by atoms with van der Waals surface area (Å²) in [7, 11) is 1.69. The van der Waals surface area contributed by atoms with E-state index in [9.17, 15) is 4.79 Å². The zero-order valence-corrected chi connectivity index (χ0v) is 6.15. The molecular formula is C7H8N2O2. The quantitative estimate of drug-likeness (QED) is 0.458. The minimum Gasteiger partial charge on any atom is -0.405 e. The summed E-state index contributed by atoms with van der Waals surface area (Å²) < 4.78 is 6.24. The van der Waals surface area contributed by atoms with Gasteiger partial charge in [-0.15, -0.1) is 0 Å². The van der Waals surface area contributed by atoms with Gasteiger partial charge in [0.2, 0.25) is 5.88 Å². The van der Waals surface area contributed by atoms with Crippen LogP contribution in [0.15, 0.2) is 24.9 Å². The second-order valence-corrected chi connectivity index (χ2v) is 1.92. The number of aryl methyl sites for hydroxylation is 1. The summed E-state index contributed by atoms with van der Waals surface area (Å²) in [6.07, 6.45) is 2.65. The number of carbonyl (C=O) groups excluding carboxylic acids is 1. The van der Waals surface area contributed by atoms with Gasteiger partial charge in [0.15, 0.2) is 0 Å². The molecule has 0 amide bonds. The highest BCUT2D eigenvalue weighted by Gasteiger charge is 2.02. The summed E-state index contributed by atoms with van der Waals surface area (Å²) >= 11 is 0. The molecule has 0 aliphatic carbocycles. The van der Waals surface area contributed by atoms with E-state index in [0.29, 0.717) is 5.88 Å². The number of ether oxygens (including phenoxy) is 1. The van der Waals surface area contributed by atoms with Crippen molar-refractivity contribution in [3.05, 3.63) is 24.9 Å². The van der Waals surface area contributed by atoms with Crippen LogP contribution in [0, 0.1) is 0 Å². The van der Waals surface area contributed by atoms with Crippen LogP contribution in [0.3, 0.4) is 0 Å². The van der Waals surface area contributed by atoms with Crippen LogP contribution in [0.4, 0.5) is 0 Å². The molecule has 4 heteroatoms. The van der Waals surface area contributed by atoms with Crippen molar-refractivity contribution >= 4 is 5.97 Å². The number of rotatable bonds is 2. The van der Waals surface area contributed by atoms with Gasteiger partial charge in [0, 0.05) is 19.2 Å². The van der Waals surface area contributed by atoms with Gasteiger partial charge in [-0.25, -0.2) is 9.48 Å². The molecule has 1 rings (SSSR count). The molecular weight excluding hydrogens is 144 g/mol. The Balaban J connectivity index is 2.71. The molecule has 0 bridgehead atoms. The van der Waals surface area contributed by atoms with Crippen LogP contribution in [-0.2, 0) is 11.8 Å². The molecule has 11 heavy (non-hydrogen) atoms. The van der Waals surface area contributed by atoms with E-state index in [0.717, 1.165) is 6.08 Å². The van der Waals surface area contributed by atoms with E-state index >= 15 is 0 Å². The van der Waals surface area contributed by atoms with Gasteiger partial charge in [0.1, 0.15) is 0 Å². The zero-order valence-electron chi connectivity index (χ0n) is 6.15. The lowest BCUT2D eigenvalue weighted by atomic mass is 10.6. The summed E-state index contributed by atoms with van der Waals surface area (Å²) in [5, 5.41) is 3.81. The average Bonchev–Trinajstić information content (AvgIpc) is 2.37. The van der Waals surface area contributed by atoms with Gasteiger partial charge in [-0.05, 0) is 0 Å². The Kier molecular flexibility index (Phi) is 2.06. The number of hydrogen-bond donors (Lipinski definition) is 0. The van der Waals surface area contributed by atoms with Gasteiger partial charge in [0.25, 0.3) is 0 Å². The van der Waals surface area contributed by atoms with E-state index in [-0.39, 0.29) is 0 Å². The second kappa shape index (κ2) is 3.01. The predicted octanol–water partition coefficient (Wildman–Crippen LogP) is 0.511. The second-order valence-electron chi connectivity index (χ2n) is 1.92.